The molecule has 0 bridgehead atoms. The Kier molecular flexibility index (Phi) is 9.74. The standard InChI is InChI=1S/C20H28FN3O3.HI/c1-5-22-19(24-13-20(4,25)18-10-7-14(3)27-18)23-12-15-8-9-17(26-6-2)16(21)11-15;/h7-11,25H,5-6,12-13H2,1-4H3,(H2,22,23,24);1H. The van der Waals surface area contributed by atoms with Crippen molar-refractivity contribution < 1.29 is 18.7 Å². The smallest absolute Gasteiger partial charge is 0.191 e. The first-order valence-electron chi connectivity index (χ1n) is 9.08. The molecule has 0 aliphatic carbocycles. The van der Waals surface area contributed by atoms with Crippen LogP contribution in [0.15, 0.2) is 39.7 Å². The fourth-order valence-corrected chi connectivity index (χ4v) is 2.49. The molecule has 1 aromatic heterocycles. The van der Waals surface area contributed by atoms with Crippen LogP contribution in [0, 0.1) is 12.7 Å². The molecule has 0 saturated carbocycles. The molecule has 0 spiro atoms. The number of halogens is 2. The van der Waals surface area contributed by atoms with Crippen LogP contribution in [-0.2, 0) is 12.1 Å². The maximum atomic E-state index is 14.0. The fraction of sp³-hybridized carbons (Fsp3) is 0.450. The molecule has 0 aliphatic heterocycles. The normalized spacial score (nSPS) is 13.4. The molecule has 0 amide bonds. The van der Waals surface area contributed by atoms with Gasteiger partial charge in [-0.15, -0.1) is 24.0 Å². The van der Waals surface area contributed by atoms with Crippen LogP contribution in [0.3, 0.4) is 0 Å². The molecule has 2 rings (SSSR count). The van der Waals surface area contributed by atoms with Gasteiger partial charge in [-0.05, 0) is 57.5 Å². The predicted molar refractivity (Wildman–Crippen MR) is 119 cm³/mol. The van der Waals surface area contributed by atoms with Crippen molar-refractivity contribution in [2.45, 2.75) is 39.8 Å². The summed E-state index contributed by atoms with van der Waals surface area (Å²) in [5.74, 6) is 1.58. The van der Waals surface area contributed by atoms with Gasteiger partial charge in [-0.3, -0.25) is 0 Å². The van der Waals surface area contributed by atoms with E-state index in [1.165, 1.54) is 6.07 Å². The van der Waals surface area contributed by atoms with E-state index in [1.54, 1.807) is 25.1 Å². The zero-order valence-corrected chi connectivity index (χ0v) is 19.0. The monoisotopic (exact) mass is 505 g/mol. The molecular weight excluding hydrogens is 476 g/mol. The summed E-state index contributed by atoms with van der Waals surface area (Å²) in [5.41, 5.74) is -0.461. The minimum Gasteiger partial charge on any atom is -0.491 e. The first kappa shape index (κ1) is 24.2. The summed E-state index contributed by atoms with van der Waals surface area (Å²) in [4.78, 5) is 4.45. The van der Waals surface area contributed by atoms with E-state index in [4.69, 9.17) is 9.15 Å². The molecule has 1 unspecified atom stereocenters. The number of ether oxygens (including phenoxy) is 1. The molecule has 0 fully saturated rings. The van der Waals surface area contributed by atoms with E-state index in [1.807, 2.05) is 26.8 Å². The van der Waals surface area contributed by atoms with Gasteiger partial charge in [-0.1, -0.05) is 6.07 Å². The lowest BCUT2D eigenvalue weighted by atomic mass is 10.0. The van der Waals surface area contributed by atoms with Crippen molar-refractivity contribution in [3.05, 3.63) is 53.2 Å². The number of rotatable bonds is 8. The van der Waals surface area contributed by atoms with Crippen LogP contribution in [0.1, 0.15) is 37.9 Å². The summed E-state index contributed by atoms with van der Waals surface area (Å²) in [6, 6.07) is 8.37. The van der Waals surface area contributed by atoms with Gasteiger partial charge in [0.25, 0.3) is 0 Å². The lowest BCUT2D eigenvalue weighted by Gasteiger charge is -2.22. The molecule has 1 aromatic carbocycles. The maximum absolute atomic E-state index is 14.0. The SMILES string of the molecule is CCNC(=NCc1ccc(OCC)c(F)c1)NCC(C)(O)c1ccc(C)o1.I. The zero-order valence-electron chi connectivity index (χ0n) is 16.7. The molecule has 1 atom stereocenters. The van der Waals surface area contributed by atoms with Gasteiger partial charge in [0.1, 0.15) is 17.1 Å². The second-order valence-corrected chi connectivity index (χ2v) is 6.43. The van der Waals surface area contributed by atoms with E-state index in [2.05, 4.69) is 15.6 Å². The number of benzene rings is 1. The summed E-state index contributed by atoms with van der Waals surface area (Å²) in [6.45, 7) is 8.83. The molecule has 0 saturated heterocycles. The number of aliphatic imine (C=N–C) groups is 1. The van der Waals surface area contributed by atoms with Crippen molar-refractivity contribution >= 4 is 29.9 Å². The van der Waals surface area contributed by atoms with Crippen molar-refractivity contribution in [1.29, 1.82) is 0 Å². The average Bonchev–Trinajstić information content (AvgIpc) is 3.07. The molecule has 28 heavy (non-hydrogen) atoms. The highest BCUT2D eigenvalue weighted by Crippen LogP contribution is 2.22. The van der Waals surface area contributed by atoms with Crippen molar-refractivity contribution in [3.8, 4) is 5.75 Å². The van der Waals surface area contributed by atoms with Gasteiger partial charge in [0.15, 0.2) is 17.5 Å². The fourth-order valence-electron chi connectivity index (χ4n) is 2.49. The lowest BCUT2D eigenvalue weighted by Crippen LogP contribution is -2.44. The lowest BCUT2D eigenvalue weighted by molar-refractivity contribution is 0.0378. The molecule has 1 heterocycles. The van der Waals surface area contributed by atoms with Crippen LogP contribution in [0.25, 0.3) is 0 Å². The van der Waals surface area contributed by atoms with E-state index in [0.29, 0.717) is 31.4 Å². The Morgan fingerprint density at radius 1 is 1.25 bits per heavy atom. The van der Waals surface area contributed by atoms with Gasteiger partial charge in [-0.2, -0.15) is 0 Å². The third kappa shape index (κ3) is 6.97. The van der Waals surface area contributed by atoms with Gasteiger partial charge in [-0.25, -0.2) is 9.38 Å². The molecule has 0 radical (unpaired) electrons. The van der Waals surface area contributed by atoms with Gasteiger partial charge in [0.05, 0.1) is 19.7 Å². The van der Waals surface area contributed by atoms with Crippen LogP contribution in [0.2, 0.25) is 0 Å². The van der Waals surface area contributed by atoms with Crippen LogP contribution in [0.4, 0.5) is 4.39 Å². The van der Waals surface area contributed by atoms with Gasteiger partial charge >= 0.3 is 0 Å². The summed E-state index contributed by atoms with van der Waals surface area (Å²) >= 11 is 0. The molecule has 156 valence electrons. The first-order valence-corrected chi connectivity index (χ1v) is 9.08. The number of hydrogen-bond donors (Lipinski definition) is 3. The number of aryl methyl sites for hydroxylation is 1. The highest BCUT2D eigenvalue weighted by atomic mass is 127. The Bertz CT molecular complexity index is 778. The number of guanidine groups is 1. The second-order valence-electron chi connectivity index (χ2n) is 6.43. The Hall–Kier alpha value is -1.81. The average molecular weight is 505 g/mol. The highest BCUT2D eigenvalue weighted by Gasteiger charge is 2.27. The quantitative estimate of drug-likeness (QED) is 0.290. The van der Waals surface area contributed by atoms with E-state index < -0.39 is 11.4 Å². The molecule has 0 aliphatic rings. The van der Waals surface area contributed by atoms with E-state index >= 15 is 0 Å². The van der Waals surface area contributed by atoms with Crippen LogP contribution in [0.5, 0.6) is 5.75 Å². The Morgan fingerprint density at radius 3 is 2.57 bits per heavy atom. The highest BCUT2D eigenvalue weighted by molar-refractivity contribution is 14.0. The molecule has 3 N–H and O–H groups in total. The topological polar surface area (TPSA) is 79.0 Å². The number of aliphatic hydroxyl groups is 1. The Balaban J connectivity index is 0.00000392. The van der Waals surface area contributed by atoms with E-state index in [0.717, 1.165) is 11.3 Å². The molecule has 6 nitrogen and oxygen atoms in total. The van der Waals surface area contributed by atoms with E-state index in [-0.39, 0.29) is 36.3 Å². The maximum Gasteiger partial charge on any atom is 0.191 e. The van der Waals surface area contributed by atoms with Crippen molar-refractivity contribution in [2.24, 2.45) is 4.99 Å². The minimum absolute atomic E-state index is 0. The first-order chi connectivity index (χ1) is 12.9. The minimum atomic E-state index is -1.18. The number of nitrogens with zero attached hydrogens (tertiary/aromatic N) is 1. The van der Waals surface area contributed by atoms with Crippen molar-refractivity contribution in [2.75, 3.05) is 19.7 Å². The Labute approximate surface area is 182 Å². The van der Waals surface area contributed by atoms with Gasteiger partial charge in [0.2, 0.25) is 0 Å². The molecule has 2 aromatic rings. The van der Waals surface area contributed by atoms with Crippen molar-refractivity contribution in [3.63, 3.8) is 0 Å². The van der Waals surface area contributed by atoms with Crippen LogP contribution < -0.4 is 15.4 Å². The second kappa shape index (κ2) is 11.3. The summed E-state index contributed by atoms with van der Waals surface area (Å²) in [7, 11) is 0. The third-order valence-corrected chi connectivity index (χ3v) is 3.93. The summed E-state index contributed by atoms with van der Waals surface area (Å²) < 4.78 is 24.7. The summed E-state index contributed by atoms with van der Waals surface area (Å²) in [5, 5.41) is 16.8. The van der Waals surface area contributed by atoms with Gasteiger partial charge in [0, 0.05) is 6.54 Å². The molecule has 8 heteroatoms. The van der Waals surface area contributed by atoms with Crippen LogP contribution >= 0.6 is 24.0 Å². The number of nitrogens with one attached hydrogen (secondary N) is 2. The number of hydrogen-bond acceptors (Lipinski definition) is 4. The van der Waals surface area contributed by atoms with Gasteiger partial charge < -0.3 is 24.9 Å². The summed E-state index contributed by atoms with van der Waals surface area (Å²) in [6.07, 6.45) is 0. The van der Waals surface area contributed by atoms with Crippen LogP contribution in [-0.4, -0.2) is 30.8 Å². The Morgan fingerprint density at radius 2 is 2.00 bits per heavy atom. The third-order valence-electron chi connectivity index (χ3n) is 3.93. The van der Waals surface area contributed by atoms with Crippen molar-refractivity contribution in [1.82, 2.24) is 10.6 Å². The number of furan rings is 1. The zero-order chi connectivity index (χ0) is 19.9. The van der Waals surface area contributed by atoms with E-state index in [9.17, 15) is 9.50 Å². The predicted octanol–water partition coefficient (Wildman–Crippen LogP) is 3.71. The molecular formula is C20H29FIN3O3. The largest absolute Gasteiger partial charge is 0.491 e.